The predicted octanol–water partition coefficient (Wildman–Crippen LogP) is -12.1. The zero-order valence-electron chi connectivity index (χ0n) is 45.6. The summed E-state index contributed by atoms with van der Waals surface area (Å²) >= 11 is 0. The summed E-state index contributed by atoms with van der Waals surface area (Å²) in [5, 5.41) is 155. The SMILES string of the molecule is CNC1C(OC2C(CO)OC(OC3C(CO)OC(OC4C(COS(=O)(=O)[O-])CC(OC5C(COC6OC(C)C(O)C(O)C6O)OC(O)C(NC(C)=O)C5O)C(NC(C)=O)C4O)C(NC(C)=O)C3O)C(NC(C)=O)C2O)OC(CO)C(O)C1O. The molecule has 18 N–H and O–H groups in total. The molecule has 0 aromatic carbocycles. The van der Waals surface area contributed by atoms with Crippen LogP contribution in [0.15, 0.2) is 0 Å². The van der Waals surface area contributed by atoms with Gasteiger partial charge in [0.2, 0.25) is 34.0 Å². The molecule has 36 nitrogen and oxygen atoms in total. The maximum atomic E-state index is 12.9. The first-order valence-corrected chi connectivity index (χ1v) is 27.8. The first-order valence-electron chi connectivity index (χ1n) is 26.4. The Labute approximate surface area is 474 Å². The zero-order chi connectivity index (χ0) is 61.7. The van der Waals surface area contributed by atoms with Gasteiger partial charge < -0.3 is 145 Å². The van der Waals surface area contributed by atoms with E-state index in [1.165, 1.54) is 14.0 Å². The minimum Gasteiger partial charge on any atom is -0.726 e. The third-order valence-corrected chi connectivity index (χ3v) is 15.5. The van der Waals surface area contributed by atoms with Gasteiger partial charge in [0.05, 0.1) is 63.4 Å². The maximum Gasteiger partial charge on any atom is 0.217 e. The number of hydrogen-bond acceptors (Lipinski definition) is 32. The minimum atomic E-state index is -5.57. The number of ether oxygens (including phenoxy) is 10. The molecule has 30 unspecified atom stereocenters. The summed E-state index contributed by atoms with van der Waals surface area (Å²) in [6.07, 6.45) is -42.5. The van der Waals surface area contributed by atoms with Crippen molar-refractivity contribution in [1.29, 1.82) is 0 Å². The number of aliphatic hydroxyl groups is 13. The first kappa shape index (κ1) is 68.9. The summed E-state index contributed by atoms with van der Waals surface area (Å²) in [7, 11) is -4.19. The second-order valence-corrected chi connectivity index (χ2v) is 22.1. The molecule has 480 valence electrons. The van der Waals surface area contributed by atoms with Crippen LogP contribution >= 0.6 is 0 Å². The van der Waals surface area contributed by atoms with Crippen LogP contribution in [0.4, 0.5) is 0 Å². The molecule has 6 fully saturated rings. The molecule has 4 amide bonds. The molecule has 1 aliphatic carbocycles. The fourth-order valence-corrected chi connectivity index (χ4v) is 11.3. The van der Waals surface area contributed by atoms with Crippen molar-refractivity contribution in [2.45, 2.75) is 219 Å². The normalized spacial score (nSPS) is 45.2. The van der Waals surface area contributed by atoms with Crippen LogP contribution in [-0.4, -0.2) is 321 Å². The summed E-state index contributed by atoms with van der Waals surface area (Å²) < 4.78 is 100.0. The molecule has 30 atom stereocenters. The fourth-order valence-electron chi connectivity index (χ4n) is 11.0. The third kappa shape index (κ3) is 16.5. The van der Waals surface area contributed by atoms with E-state index in [1.54, 1.807) is 0 Å². The average Bonchev–Trinajstić information content (AvgIpc) is 2.67. The Kier molecular flexibility index (Phi) is 24.6. The highest BCUT2D eigenvalue weighted by Gasteiger charge is 2.58. The highest BCUT2D eigenvalue weighted by atomic mass is 32.3. The largest absolute Gasteiger partial charge is 0.726 e. The molecule has 0 spiro atoms. The predicted molar refractivity (Wildman–Crippen MR) is 263 cm³/mol. The van der Waals surface area contributed by atoms with Gasteiger partial charge in [-0.2, -0.15) is 0 Å². The molecule has 6 aliphatic rings. The molecule has 83 heavy (non-hydrogen) atoms. The van der Waals surface area contributed by atoms with Gasteiger partial charge in [0.25, 0.3) is 0 Å². The summed E-state index contributed by atoms with van der Waals surface area (Å²) in [4.78, 5) is 50.7. The monoisotopic (exact) mass is 1230 g/mol. The van der Waals surface area contributed by atoms with Gasteiger partial charge in [-0.25, -0.2) is 8.42 Å². The number of carbonyl (C=O) groups excluding carboxylic acids is 4. The molecule has 0 radical (unpaired) electrons. The lowest BCUT2D eigenvalue weighted by Gasteiger charge is -2.51. The van der Waals surface area contributed by atoms with E-state index in [4.69, 9.17) is 47.4 Å². The number of carbonyl (C=O) groups is 4. The molecule has 5 aliphatic heterocycles. The Morgan fingerprint density at radius 2 is 0.916 bits per heavy atom. The van der Waals surface area contributed by atoms with Crippen LogP contribution in [0.1, 0.15) is 41.0 Å². The number of nitrogens with one attached hydrogen (secondary N) is 5. The van der Waals surface area contributed by atoms with Crippen molar-refractivity contribution in [1.82, 2.24) is 26.6 Å². The highest BCUT2D eigenvalue weighted by molar-refractivity contribution is 7.80. The van der Waals surface area contributed by atoms with Crippen molar-refractivity contribution < 1.29 is 150 Å². The van der Waals surface area contributed by atoms with Gasteiger partial charge in [-0.1, -0.05) is 0 Å². The second kappa shape index (κ2) is 29.7. The molecule has 6 rings (SSSR count). The maximum absolute atomic E-state index is 12.9. The van der Waals surface area contributed by atoms with E-state index in [1.807, 2.05) is 0 Å². The molecule has 0 aromatic heterocycles. The van der Waals surface area contributed by atoms with Crippen LogP contribution in [0.25, 0.3) is 0 Å². The third-order valence-electron chi connectivity index (χ3n) is 15.1. The van der Waals surface area contributed by atoms with Gasteiger partial charge in [0.1, 0.15) is 116 Å². The lowest BCUT2D eigenvalue weighted by atomic mass is 9.79. The van der Waals surface area contributed by atoms with Crippen LogP contribution in [-0.2, 0) is 81.1 Å². The molecule has 1 saturated carbocycles. The van der Waals surface area contributed by atoms with Crippen molar-refractivity contribution in [3.63, 3.8) is 0 Å². The van der Waals surface area contributed by atoms with Crippen molar-refractivity contribution in [3.8, 4) is 0 Å². The molecule has 0 bridgehead atoms. The molecule has 5 heterocycles. The Morgan fingerprint density at radius 3 is 1.40 bits per heavy atom. The first-order chi connectivity index (χ1) is 38.9. The van der Waals surface area contributed by atoms with Gasteiger partial charge >= 0.3 is 0 Å². The van der Waals surface area contributed by atoms with Crippen LogP contribution in [0, 0.1) is 5.92 Å². The topological polar surface area (TPSA) is 550 Å². The van der Waals surface area contributed by atoms with Crippen molar-refractivity contribution in [2.75, 3.05) is 40.1 Å². The van der Waals surface area contributed by atoms with E-state index in [0.29, 0.717) is 0 Å². The minimum absolute atomic E-state index is 0.622. The molecule has 5 saturated heterocycles. The fraction of sp³-hybridized carbons (Fsp3) is 0.913. The lowest BCUT2D eigenvalue weighted by molar-refractivity contribution is -0.358. The van der Waals surface area contributed by atoms with Crippen LogP contribution in [0.3, 0.4) is 0 Å². The van der Waals surface area contributed by atoms with E-state index in [-0.39, 0.29) is 0 Å². The second-order valence-electron chi connectivity index (χ2n) is 21.0. The van der Waals surface area contributed by atoms with Gasteiger partial charge in [-0.3, -0.25) is 23.4 Å². The Bertz CT molecular complexity index is 2250. The zero-order valence-corrected chi connectivity index (χ0v) is 46.5. The highest BCUT2D eigenvalue weighted by Crippen LogP contribution is 2.38. The van der Waals surface area contributed by atoms with Crippen LogP contribution in [0.2, 0.25) is 0 Å². The van der Waals surface area contributed by atoms with Gasteiger partial charge in [-0.05, 0) is 20.4 Å². The van der Waals surface area contributed by atoms with Crippen molar-refractivity contribution >= 4 is 34.0 Å². The smallest absolute Gasteiger partial charge is 0.217 e. The van der Waals surface area contributed by atoms with Crippen molar-refractivity contribution in [2.24, 2.45) is 5.92 Å². The number of aliphatic hydroxyl groups excluding tert-OH is 13. The number of hydrogen-bond donors (Lipinski definition) is 18. The number of rotatable bonds is 22. The lowest BCUT2D eigenvalue weighted by Crippen LogP contribution is -2.71. The van der Waals surface area contributed by atoms with E-state index in [9.17, 15) is 98.5 Å². The molecule has 0 aromatic rings. The molecule has 37 heteroatoms. The summed E-state index contributed by atoms with van der Waals surface area (Å²) in [6.45, 7) is 0.726. The Morgan fingerprint density at radius 1 is 0.482 bits per heavy atom. The summed E-state index contributed by atoms with van der Waals surface area (Å²) in [6, 6.07) is -8.09. The van der Waals surface area contributed by atoms with Crippen LogP contribution < -0.4 is 26.6 Å². The van der Waals surface area contributed by atoms with Crippen molar-refractivity contribution in [3.05, 3.63) is 0 Å². The van der Waals surface area contributed by atoms with Crippen LogP contribution in [0.5, 0.6) is 0 Å². The van der Waals surface area contributed by atoms with Gasteiger partial charge in [-0.15, -0.1) is 0 Å². The van der Waals surface area contributed by atoms with Gasteiger partial charge in [0.15, 0.2) is 31.5 Å². The molecular weight excluding hydrogens is 1150 g/mol. The van der Waals surface area contributed by atoms with E-state index in [2.05, 4.69) is 30.8 Å². The standard InChI is InChI=1S/C46H79N5O31S/c1-13-29(59)36(66)37(67)46(74-13)72-12-23-41(33(63)25(42(68)76-23)49-15(3)56)75-19-7-18(11-73-83(69,70)71)38(32(62)24(19)48-14(2)55)80-44-27(50-16(4)57)34(64)40(22(10-54)78-44)82-45-28(51-17(5)58)35(65)39(21(9-53)79-45)81-43-26(47-6)31(61)30(60)20(8-52)77-43/h13,18-47,52-54,59-68H,7-12H2,1-6H3,(H,48,55)(H,49,56)(H,50,57)(H,51,58)(H,69,70,71)/p-1. The quantitative estimate of drug-likeness (QED) is 0.0353. The average molecular weight is 1230 g/mol. The van der Waals surface area contributed by atoms with E-state index >= 15 is 0 Å². The summed E-state index contributed by atoms with van der Waals surface area (Å²) in [5.74, 6) is -4.89. The Balaban J connectivity index is 1.29. The number of amides is 4. The Hall–Kier alpha value is -3.21. The van der Waals surface area contributed by atoms with Gasteiger partial charge in [0, 0.05) is 33.6 Å². The van der Waals surface area contributed by atoms with E-state index in [0.717, 1.165) is 27.7 Å². The van der Waals surface area contributed by atoms with E-state index < -0.39 is 257 Å². The molecular formula is C46H78N5O31S-. The number of likely N-dealkylation sites (N-methyl/N-ethyl adjacent to an activating group) is 1. The summed E-state index contributed by atoms with van der Waals surface area (Å²) in [5.41, 5.74) is 0.